The molecule has 0 spiro atoms. The average Bonchev–Trinajstić information content (AvgIpc) is 3.08. The maximum atomic E-state index is 6.32. The van der Waals surface area contributed by atoms with Gasteiger partial charge >= 0.3 is 0 Å². The van der Waals surface area contributed by atoms with Crippen LogP contribution >= 0.6 is 11.6 Å². The Morgan fingerprint density at radius 2 is 1.80 bits per heavy atom. The van der Waals surface area contributed by atoms with Gasteiger partial charge in [0.1, 0.15) is 6.10 Å². The third-order valence-corrected chi connectivity index (χ3v) is 5.05. The summed E-state index contributed by atoms with van der Waals surface area (Å²) < 4.78 is 11.7. The van der Waals surface area contributed by atoms with Crippen molar-refractivity contribution in [3.05, 3.63) is 70.7 Å². The van der Waals surface area contributed by atoms with E-state index < -0.39 is 0 Å². The number of rotatable bonds is 8. The molecule has 0 bridgehead atoms. The number of halogens is 1. The predicted octanol–water partition coefficient (Wildman–Crippen LogP) is 4.56. The highest BCUT2D eigenvalue weighted by Crippen LogP contribution is 2.27. The van der Waals surface area contributed by atoms with Crippen LogP contribution in [0.2, 0.25) is 5.02 Å². The fourth-order valence-corrected chi connectivity index (χ4v) is 3.63. The van der Waals surface area contributed by atoms with Gasteiger partial charge in [-0.3, -0.25) is 4.90 Å². The van der Waals surface area contributed by atoms with Crippen molar-refractivity contribution >= 4 is 11.6 Å². The van der Waals surface area contributed by atoms with Crippen LogP contribution in [0.3, 0.4) is 0 Å². The minimum atomic E-state index is -0.0676. The zero-order valence-corrected chi connectivity index (χ0v) is 15.5. The van der Waals surface area contributed by atoms with Gasteiger partial charge in [-0.15, -0.1) is 0 Å². The Labute approximate surface area is 155 Å². The maximum Gasteiger partial charge on any atom is 0.108 e. The highest BCUT2D eigenvalue weighted by molar-refractivity contribution is 6.30. The number of benzene rings is 2. The molecule has 0 saturated carbocycles. The van der Waals surface area contributed by atoms with Crippen molar-refractivity contribution in [1.82, 2.24) is 4.90 Å². The summed E-state index contributed by atoms with van der Waals surface area (Å²) in [5.74, 6) is 0. The molecule has 1 unspecified atom stereocenters. The largest absolute Gasteiger partial charge is 0.383 e. The Kier molecular flexibility index (Phi) is 6.88. The lowest BCUT2D eigenvalue weighted by molar-refractivity contribution is 0.0451. The van der Waals surface area contributed by atoms with Gasteiger partial charge in [-0.25, -0.2) is 0 Å². The van der Waals surface area contributed by atoms with Crippen LogP contribution in [0.1, 0.15) is 30.1 Å². The van der Waals surface area contributed by atoms with Crippen molar-refractivity contribution in [2.75, 3.05) is 33.4 Å². The number of nitrogens with zero attached hydrogens (tertiary/aromatic N) is 1. The van der Waals surface area contributed by atoms with Crippen molar-refractivity contribution in [3.63, 3.8) is 0 Å². The summed E-state index contributed by atoms with van der Waals surface area (Å²) in [5, 5.41) is 0.745. The number of ether oxygens (including phenoxy) is 2. The topological polar surface area (TPSA) is 21.7 Å². The summed E-state index contributed by atoms with van der Waals surface area (Å²) in [5.41, 5.74) is 2.30. The van der Waals surface area contributed by atoms with Gasteiger partial charge < -0.3 is 9.47 Å². The Hall–Kier alpha value is -1.39. The fourth-order valence-electron chi connectivity index (χ4n) is 3.51. The lowest BCUT2D eigenvalue weighted by Crippen LogP contribution is -2.35. The van der Waals surface area contributed by atoms with E-state index in [0.29, 0.717) is 12.6 Å². The van der Waals surface area contributed by atoms with Gasteiger partial charge in [-0.05, 0) is 42.6 Å². The Balaban J connectivity index is 1.65. The second-order valence-corrected chi connectivity index (χ2v) is 6.94. The molecule has 1 heterocycles. The van der Waals surface area contributed by atoms with Crippen LogP contribution in [0.4, 0.5) is 0 Å². The van der Waals surface area contributed by atoms with Crippen molar-refractivity contribution in [3.8, 4) is 0 Å². The minimum absolute atomic E-state index is 0.0676. The van der Waals surface area contributed by atoms with Gasteiger partial charge in [-0.1, -0.05) is 54.1 Å². The third kappa shape index (κ3) is 5.05. The van der Waals surface area contributed by atoms with E-state index in [0.717, 1.165) is 30.3 Å². The van der Waals surface area contributed by atoms with Gasteiger partial charge in [0.15, 0.2) is 0 Å². The smallest absolute Gasteiger partial charge is 0.108 e. The van der Waals surface area contributed by atoms with Gasteiger partial charge in [0.2, 0.25) is 0 Å². The molecule has 0 aromatic heterocycles. The standard InChI is InChI=1S/C21H26ClNO2/c1-24-16-20-8-5-13-23(20)14-15-25-21(17-6-3-2-4-7-17)18-9-11-19(22)12-10-18/h2-4,6-7,9-12,20-21H,5,8,13-16H2,1H3/t20-,21?/m0/s1. The molecule has 134 valence electrons. The Morgan fingerprint density at radius 1 is 1.08 bits per heavy atom. The molecule has 3 rings (SSSR count). The van der Waals surface area contributed by atoms with Crippen molar-refractivity contribution in [2.24, 2.45) is 0 Å². The third-order valence-electron chi connectivity index (χ3n) is 4.80. The zero-order chi connectivity index (χ0) is 17.5. The molecule has 0 N–H and O–H groups in total. The number of hydrogen-bond acceptors (Lipinski definition) is 3. The maximum absolute atomic E-state index is 6.32. The molecule has 2 aromatic carbocycles. The lowest BCUT2D eigenvalue weighted by atomic mass is 10.0. The predicted molar refractivity (Wildman–Crippen MR) is 102 cm³/mol. The molecule has 1 fully saturated rings. The first kappa shape index (κ1) is 18.4. The zero-order valence-electron chi connectivity index (χ0n) is 14.7. The minimum Gasteiger partial charge on any atom is -0.383 e. The van der Waals surface area contributed by atoms with E-state index in [1.807, 2.05) is 30.3 Å². The molecule has 3 nitrogen and oxygen atoms in total. The van der Waals surface area contributed by atoms with E-state index in [2.05, 4.69) is 29.2 Å². The molecule has 4 heteroatoms. The van der Waals surface area contributed by atoms with Crippen LogP contribution in [0.25, 0.3) is 0 Å². The van der Waals surface area contributed by atoms with E-state index in [4.69, 9.17) is 21.1 Å². The van der Waals surface area contributed by atoms with E-state index in [1.165, 1.54) is 18.4 Å². The first-order valence-electron chi connectivity index (χ1n) is 8.93. The normalized spacial score (nSPS) is 19.2. The van der Waals surface area contributed by atoms with Crippen LogP contribution in [-0.4, -0.2) is 44.4 Å². The van der Waals surface area contributed by atoms with Crippen LogP contribution in [0, 0.1) is 0 Å². The quantitative estimate of drug-likeness (QED) is 0.689. The molecular weight excluding hydrogens is 334 g/mol. The molecule has 2 aromatic rings. The highest BCUT2D eigenvalue weighted by Gasteiger charge is 2.24. The first-order valence-corrected chi connectivity index (χ1v) is 9.30. The summed E-state index contributed by atoms with van der Waals surface area (Å²) in [6.07, 6.45) is 2.39. The monoisotopic (exact) mass is 359 g/mol. The van der Waals surface area contributed by atoms with E-state index >= 15 is 0 Å². The molecule has 0 aliphatic carbocycles. The molecule has 1 aliphatic rings. The number of likely N-dealkylation sites (tertiary alicyclic amines) is 1. The second-order valence-electron chi connectivity index (χ2n) is 6.50. The molecule has 0 radical (unpaired) electrons. The molecule has 2 atom stereocenters. The average molecular weight is 360 g/mol. The van der Waals surface area contributed by atoms with Gasteiger partial charge in [0.25, 0.3) is 0 Å². The molecule has 25 heavy (non-hydrogen) atoms. The van der Waals surface area contributed by atoms with Crippen molar-refractivity contribution in [1.29, 1.82) is 0 Å². The Morgan fingerprint density at radius 3 is 2.52 bits per heavy atom. The van der Waals surface area contributed by atoms with Crippen LogP contribution in [-0.2, 0) is 9.47 Å². The molecule has 1 aliphatic heterocycles. The lowest BCUT2D eigenvalue weighted by Gasteiger charge is -2.25. The summed E-state index contributed by atoms with van der Waals surface area (Å²) in [6.45, 7) is 3.57. The van der Waals surface area contributed by atoms with Crippen molar-refractivity contribution < 1.29 is 9.47 Å². The van der Waals surface area contributed by atoms with Gasteiger partial charge in [-0.2, -0.15) is 0 Å². The van der Waals surface area contributed by atoms with Crippen LogP contribution in [0.5, 0.6) is 0 Å². The fraction of sp³-hybridized carbons (Fsp3) is 0.429. The van der Waals surface area contributed by atoms with E-state index in [-0.39, 0.29) is 6.10 Å². The molecule has 0 amide bonds. The first-order chi connectivity index (χ1) is 12.3. The van der Waals surface area contributed by atoms with Crippen LogP contribution in [0.15, 0.2) is 54.6 Å². The number of hydrogen-bond donors (Lipinski definition) is 0. The van der Waals surface area contributed by atoms with Crippen molar-refractivity contribution in [2.45, 2.75) is 25.0 Å². The molecular formula is C21H26ClNO2. The summed E-state index contributed by atoms with van der Waals surface area (Å²) in [7, 11) is 1.78. The summed E-state index contributed by atoms with van der Waals surface area (Å²) in [4.78, 5) is 2.48. The van der Waals surface area contributed by atoms with Gasteiger partial charge in [0, 0.05) is 24.7 Å². The second kappa shape index (κ2) is 9.35. The molecule has 1 saturated heterocycles. The summed E-state index contributed by atoms with van der Waals surface area (Å²) in [6, 6.07) is 18.8. The SMILES string of the molecule is COC[C@@H]1CCCN1CCOC(c1ccccc1)c1ccc(Cl)cc1. The number of methoxy groups -OCH3 is 1. The van der Waals surface area contributed by atoms with Crippen LogP contribution < -0.4 is 0 Å². The van der Waals surface area contributed by atoms with E-state index in [9.17, 15) is 0 Å². The van der Waals surface area contributed by atoms with E-state index in [1.54, 1.807) is 7.11 Å². The summed E-state index contributed by atoms with van der Waals surface area (Å²) >= 11 is 6.04. The highest BCUT2D eigenvalue weighted by atomic mass is 35.5. The van der Waals surface area contributed by atoms with Gasteiger partial charge in [0.05, 0.1) is 13.2 Å². The Bertz CT molecular complexity index is 632.